The van der Waals surface area contributed by atoms with Crippen molar-refractivity contribution in [1.82, 2.24) is 14.7 Å². The lowest BCUT2D eigenvalue weighted by molar-refractivity contribution is 0.110. The zero-order valence-electron chi connectivity index (χ0n) is 11.3. The molecule has 0 aromatic rings. The van der Waals surface area contributed by atoms with Crippen LogP contribution >= 0.6 is 0 Å². The van der Waals surface area contributed by atoms with Gasteiger partial charge in [-0.1, -0.05) is 0 Å². The van der Waals surface area contributed by atoms with Gasteiger partial charge in [0.05, 0.1) is 13.2 Å². The Morgan fingerprint density at radius 3 is 2.71 bits per heavy atom. The predicted octanol–water partition coefficient (Wildman–Crippen LogP) is 0.178. The average Bonchev–Trinajstić information content (AvgIpc) is 2.71. The SMILES string of the molecule is CN(C)C[C@@]12COC[C@@H]1CN(C(=O)N(C)C)C2. The summed E-state index contributed by atoms with van der Waals surface area (Å²) in [5.41, 5.74) is 0.148. The van der Waals surface area contributed by atoms with Crippen LogP contribution in [0.5, 0.6) is 0 Å². The van der Waals surface area contributed by atoms with Crippen LogP contribution < -0.4 is 0 Å². The van der Waals surface area contributed by atoms with E-state index in [-0.39, 0.29) is 11.4 Å². The zero-order valence-corrected chi connectivity index (χ0v) is 11.3. The summed E-state index contributed by atoms with van der Waals surface area (Å²) in [6.45, 7) is 4.24. The van der Waals surface area contributed by atoms with Crippen molar-refractivity contribution in [2.45, 2.75) is 0 Å². The Bertz CT molecular complexity index is 306. The molecule has 0 aliphatic carbocycles. The minimum Gasteiger partial charge on any atom is -0.380 e. The summed E-state index contributed by atoms with van der Waals surface area (Å²) in [5.74, 6) is 0.494. The fourth-order valence-electron chi connectivity index (χ4n) is 3.11. The number of nitrogens with zero attached hydrogens (tertiary/aromatic N) is 3. The van der Waals surface area contributed by atoms with E-state index in [0.717, 1.165) is 32.8 Å². The maximum atomic E-state index is 12.0. The van der Waals surface area contributed by atoms with Gasteiger partial charge in [-0.3, -0.25) is 0 Å². The van der Waals surface area contributed by atoms with Crippen molar-refractivity contribution in [3.05, 3.63) is 0 Å². The number of hydrogen-bond acceptors (Lipinski definition) is 3. The second-order valence-corrected chi connectivity index (χ2v) is 5.87. The van der Waals surface area contributed by atoms with Crippen LogP contribution in [0.2, 0.25) is 0 Å². The van der Waals surface area contributed by atoms with Crippen LogP contribution in [0.1, 0.15) is 0 Å². The molecule has 0 radical (unpaired) electrons. The number of carbonyl (C=O) groups excluding carboxylic acids is 1. The Hall–Kier alpha value is -0.810. The van der Waals surface area contributed by atoms with E-state index >= 15 is 0 Å². The number of carbonyl (C=O) groups is 1. The summed E-state index contributed by atoms with van der Waals surface area (Å²) >= 11 is 0. The Labute approximate surface area is 103 Å². The molecule has 2 fully saturated rings. The van der Waals surface area contributed by atoms with Crippen LogP contribution in [0.3, 0.4) is 0 Å². The molecule has 2 heterocycles. The van der Waals surface area contributed by atoms with Crippen LogP contribution in [0.4, 0.5) is 4.79 Å². The fraction of sp³-hybridized carbons (Fsp3) is 0.917. The van der Waals surface area contributed by atoms with Gasteiger partial charge in [-0.2, -0.15) is 0 Å². The monoisotopic (exact) mass is 241 g/mol. The van der Waals surface area contributed by atoms with Gasteiger partial charge in [-0.05, 0) is 14.1 Å². The lowest BCUT2D eigenvalue weighted by Gasteiger charge is -2.30. The zero-order chi connectivity index (χ0) is 12.6. The highest BCUT2D eigenvalue weighted by molar-refractivity contribution is 5.74. The largest absolute Gasteiger partial charge is 0.380 e. The lowest BCUT2D eigenvalue weighted by atomic mass is 9.81. The molecule has 0 N–H and O–H groups in total. The van der Waals surface area contributed by atoms with E-state index in [0.29, 0.717) is 5.92 Å². The number of likely N-dealkylation sites (tertiary alicyclic amines) is 1. The first-order chi connectivity index (χ1) is 7.94. The summed E-state index contributed by atoms with van der Waals surface area (Å²) in [4.78, 5) is 17.8. The van der Waals surface area contributed by atoms with Gasteiger partial charge in [0.1, 0.15) is 0 Å². The van der Waals surface area contributed by atoms with Gasteiger partial charge in [0.25, 0.3) is 0 Å². The van der Waals surface area contributed by atoms with E-state index in [4.69, 9.17) is 4.74 Å². The lowest BCUT2D eigenvalue weighted by Crippen LogP contribution is -2.43. The molecular weight excluding hydrogens is 218 g/mol. The van der Waals surface area contributed by atoms with Gasteiger partial charge >= 0.3 is 6.03 Å². The van der Waals surface area contributed by atoms with Crippen molar-refractivity contribution in [1.29, 1.82) is 0 Å². The molecule has 2 aliphatic heterocycles. The third kappa shape index (κ3) is 2.26. The molecule has 2 atom stereocenters. The topological polar surface area (TPSA) is 36.0 Å². The van der Waals surface area contributed by atoms with Crippen LogP contribution in [0.15, 0.2) is 0 Å². The first-order valence-electron chi connectivity index (χ1n) is 6.13. The van der Waals surface area contributed by atoms with Gasteiger partial charge in [-0.25, -0.2) is 4.79 Å². The molecule has 5 nitrogen and oxygen atoms in total. The molecule has 2 aliphatic rings. The van der Waals surface area contributed by atoms with Crippen LogP contribution in [0.25, 0.3) is 0 Å². The minimum absolute atomic E-state index is 0.123. The predicted molar refractivity (Wildman–Crippen MR) is 66.0 cm³/mol. The Morgan fingerprint density at radius 2 is 2.12 bits per heavy atom. The van der Waals surface area contributed by atoms with Gasteiger partial charge in [0, 0.05) is 45.1 Å². The normalized spacial score (nSPS) is 32.1. The van der Waals surface area contributed by atoms with Crippen molar-refractivity contribution in [2.24, 2.45) is 11.3 Å². The molecule has 0 bridgehead atoms. The molecule has 0 aromatic heterocycles. The molecule has 0 unspecified atom stereocenters. The molecule has 98 valence electrons. The van der Waals surface area contributed by atoms with E-state index in [1.165, 1.54) is 0 Å². The van der Waals surface area contributed by atoms with Crippen molar-refractivity contribution in [3.63, 3.8) is 0 Å². The van der Waals surface area contributed by atoms with Gasteiger partial charge in [0.15, 0.2) is 0 Å². The van der Waals surface area contributed by atoms with Crippen molar-refractivity contribution >= 4 is 6.03 Å². The molecule has 0 saturated carbocycles. The number of rotatable bonds is 2. The summed E-state index contributed by atoms with van der Waals surface area (Å²) in [7, 11) is 7.79. The van der Waals surface area contributed by atoms with Gasteiger partial charge in [-0.15, -0.1) is 0 Å². The van der Waals surface area contributed by atoms with Crippen LogP contribution in [-0.4, -0.2) is 81.8 Å². The summed E-state index contributed by atoms with van der Waals surface area (Å²) < 4.78 is 5.63. The highest BCUT2D eigenvalue weighted by Gasteiger charge is 2.52. The third-order valence-corrected chi connectivity index (χ3v) is 3.81. The number of amides is 2. The Morgan fingerprint density at radius 1 is 1.41 bits per heavy atom. The highest BCUT2D eigenvalue weighted by Crippen LogP contribution is 2.41. The molecule has 2 saturated heterocycles. The third-order valence-electron chi connectivity index (χ3n) is 3.81. The second-order valence-electron chi connectivity index (χ2n) is 5.87. The summed E-state index contributed by atoms with van der Waals surface area (Å²) in [5, 5.41) is 0. The van der Waals surface area contributed by atoms with Crippen LogP contribution in [-0.2, 0) is 4.74 Å². The Kier molecular flexibility index (Phi) is 3.32. The Balaban J connectivity index is 2.09. The molecule has 0 spiro atoms. The molecule has 5 heteroatoms. The smallest absolute Gasteiger partial charge is 0.319 e. The number of ether oxygens (including phenoxy) is 1. The summed E-state index contributed by atoms with van der Waals surface area (Å²) in [6.07, 6.45) is 0. The average molecular weight is 241 g/mol. The van der Waals surface area contributed by atoms with Crippen molar-refractivity contribution in [3.8, 4) is 0 Å². The van der Waals surface area contributed by atoms with E-state index in [1.807, 2.05) is 19.0 Å². The maximum absolute atomic E-state index is 12.0. The maximum Gasteiger partial charge on any atom is 0.319 e. The van der Waals surface area contributed by atoms with E-state index < -0.39 is 0 Å². The first-order valence-corrected chi connectivity index (χ1v) is 6.13. The summed E-state index contributed by atoms with van der Waals surface area (Å²) in [6, 6.07) is 0.123. The van der Waals surface area contributed by atoms with Crippen LogP contribution in [0, 0.1) is 11.3 Å². The number of hydrogen-bond donors (Lipinski definition) is 0. The number of fused-ring (bicyclic) bond motifs is 1. The highest BCUT2D eigenvalue weighted by atomic mass is 16.5. The van der Waals surface area contributed by atoms with Gasteiger partial charge < -0.3 is 19.4 Å². The van der Waals surface area contributed by atoms with E-state index in [2.05, 4.69) is 19.0 Å². The van der Waals surface area contributed by atoms with E-state index in [1.54, 1.807) is 4.90 Å². The molecule has 2 rings (SSSR count). The van der Waals surface area contributed by atoms with E-state index in [9.17, 15) is 4.79 Å². The van der Waals surface area contributed by atoms with Crippen molar-refractivity contribution in [2.75, 3.05) is 61.0 Å². The number of urea groups is 1. The van der Waals surface area contributed by atoms with Gasteiger partial charge in [0.2, 0.25) is 0 Å². The second kappa shape index (κ2) is 4.46. The fourth-order valence-corrected chi connectivity index (χ4v) is 3.11. The molecule has 17 heavy (non-hydrogen) atoms. The van der Waals surface area contributed by atoms with Crippen molar-refractivity contribution < 1.29 is 9.53 Å². The first kappa shape index (κ1) is 12.6. The standard InChI is InChI=1S/C12H23N3O2/c1-13(2)7-12-8-15(11(16)14(3)4)5-10(12)6-17-9-12/h10H,5-9H2,1-4H3/t10-,12+/m0/s1. The molecular formula is C12H23N3O2. The minimum atomic E-state index is 0.123. The molecule has 2 amide bonds. The quantitative estimate of drug-likeness (QED) is 0.692. The molecule has 0 aromatic carbocycles.